The van der Waals surface area contributed by atoms with Crippen molar-refractivity contribution in [1.82, 2.24) is 9.97 Å². The second-order valence-corrected chi connectivity index (χ2v) is 6.04. The van der Waals surface area contributed by atoms with Crippen LogP contribution in [0.25, 0.3) is 0 Å². The lowest BCUT2D eigenvalue weighted by atomic mass is 10.1. The molecule has 1 aliphatic heterocycles. The highest BCUT2D eigenvalue weighted by Crippen LogP contribution is 2.40. The highest BCUT2D eigenvalue weighted by atomic mass is 79.9. The molecule has 6 heteroatoms. The summed E-state index contributed by atoms with van der Waals surface area (Å²) in [5.74, 6) is 2.38. The fraction of sp³-hybridized carbons (Fsp3) is 0.375. The van der Waals surface area contributed by atoms with E-state index in [1.807, 2.05) is 13.1 Å². The normalized spacial score (nSPS) is 12.7. The van der Waals surface area contributed by atoms with Crippen molar-refractivity contribution in [2.24, 2.45) is 0 Å². The summed E-state index contributed by atoms with van der Waals surface area (Å²) in [5, 5.41) is 6.42. The van der Waals surface area contributed by atoms with Gasteiger partial charge in [0.15, 0.2) is 0 Å². The number of hydrogen-bond acceptors (Lipinski definition) is 5. The molecule has 2 aromatic rings. The lowest BCUT2D eigenvalue weighted by molar-refractivity contribution is 0.354. The molecule has 0 atom stereocenters. The minimum Gasteiger partial charge on any atom is -0.492 e. The van der Waals surface area contributed by atoms with Gasteiger partial charge in [0.05, 0.1) is 11.1 Å². The van der Waals surface area contributed by atoms with E-state index in [9.17, 15) is 0 Å². The number of aromatic nitrogens is 2. The number of rotatable bonds is 4. The lowest BCUT2D eigenvalue weighted by Crippen LogP contribution is -2.04. The number of halogens is 1. The van der Waals surface area contributed by atoms with Gasteiger partial charge in [-0.15, -0.1) is 0 Å². The monoisotopic (exact) mass is 362 g/mol. The molecule has 0 saturated carbocycles. The van der Waals surface area contributed by atoms with Gasteiger partial charge in [-0.2, -0.15) is 4.98 Å². The summed E-state index contributed by atoms with van der Waals surface area (Å²) >= 11 is 3.63. The molecule has 0 bridgehead atoms. The van der Waals surface area contributed by atoms with E-state index in [0.717, 1.165) is 52.4 Å². The first-order valence-corrected chi connectivity index (χ1v) is 8.19. The maximum atomic E-state index is 5.67. The summed E-state index contributed by atoms with van der Waals surface area (Å²) < 4.78 is 6.68. The first-order valence-electron chi connectivity index (χ1n) is 7.40. The van der Waals surface area contributed by atoms with Gasteiger partial charge >= 0.3 is 0 Å². The molecule has 0 unspecified atom stereocenters. The summed E-state index contributed by atoms with van der Waals surface area (Å²) in [5.41, 5.74) is 4.31. The Morgan fingerprint density at radius 3 is 2.86 bits per heavy atom. The molecule has 22 heavy (non-hydrogen) atoms. The van der Waals surface area contributed by atoms with Crippen LogP contribution in [0, 0.1) is 6.92 Å². The molecule has 5 nitrogen and oxygen atoms in total. The second-order valence-electron chi connectivity index (χ2n) is 5.25. The van der Waals surface area contributed by atoms with Crippen LogP contribution >= 0.6 is 15.9 Å². The Bertz CT molecular complexity index is 696. The van der Waals surface area contributed by atoms with E-state index in [0.29, 0.717) is 5.95 Å². The number of benzene rings is 1. The molecule has 2 heterocycles. The first-order chi connectivity index (χ1) is 10.6. The zero-order valence-corrected chi connectivity index (χ0v) is 14.5. The zero-order chi connectivity index (χ0) is 15.7. The molecular weight excluding hydrogens is 344 g/mol. The fourth-order valence-corrected chi connectivity index (χ4v) is 3.08. The Hall–Kier alpha value is -1.82. The van der Waals surface area contributed by atoms with E-state index in [2.05, 4.69) is 56.4 Å². The highest BCUT2D eigenvalue weighted by molar-refractivity contribution is 9.10. The van der Waals surface area contributed by atoms with E-state index in [-0.39, 0.29) is 0 Å². The van der Waals surface area contributed by atoms with Crippen LogP contribution in [-0.4, -0.2) is 23.6 Å². The number of aryl methyl sites for hydroxylation is 1. The molecule has 0 spiro atoms. The second kappa shape index (κ2) is 6.12. The van der Waals surface area contributed by atoms with Crippen LogP contribution in [-0.2, 0) is 12.8 Å². The topological polar surface area (TPSA) is 59.1 Å². The Morgan fingerprint density at radius 2 is 2.14 bits per heavy atom. The average molecular weight is 363 g/mol. The van der Waals surface area contributed by atoms with Crippen LogP contribution in [0.3, 0.4) is 0 Å². The molecular formula is C16H19BrN4O. The van der Waals surface area contributed by atoms with Crippen LogP contribution < -0.4 is 15.4 Å². The van der Waals surface area contributed by atoms with Crippen LogP contribution in [0.2, 0.25) is 0 Å². The van der Waals surface area contributed by atoms with Crippen LogP contribution in [0.1, 0.15) is 23.7 Å². The third-order valence-electron chi connectivity index (χ3n) is 3.80. The van der Waals surface area contributed by atoms with E-state index in [4.69, 9.17) is 4.74 Å². The SMILES string of the molecule is CCc1cc(NC)nc(Nc2cc3c(c(Br)c2C)OCC3)n1. The van der Waals surface area contributed by atoms with Gasteiger partial charge in [0.1, 0.15) is 11.6 Å². The first kappa shape index (κ1) is 15.1. The number of hydrogen-bond donors (Lipinski definition) is 2. The van der Waals surface area contributed by atoms with Crippen molar-refractivity contribution in [2.45, 2.75) is 26.7 Å². The third kappa shape index (κ3) is 2.75. The van der Waals surface area contributed by atoms with Crippen molar-refractivity contribution < 1.29 is 4.74 Å². The van der Waals surface area contributed by atoms with Gasteiger partial charge in [-0.25, -0.2) is 4.98 Å². The highest BCUT2D eigenvalue weighted by Gasteiger charge is 2.20. The molecule has 0 saturated heterocycles. The van der Waals surface area contributed by atoms with Crippen LogP contribution in [0.4, 0.5) is 17.5 Å². The van der Waals surface area contributed by atoms with Crippen molar-refractivity contribution in [2.75, 3.05) is 24.3 Å². The van der Waals surface area contributed by atoms with Crippen LogP contribution in [0.5, 0.6) is 5.75 Å². The van der Waals surface area contributed by atoms with Gasteiger partial charge in [0.25, 0.3) is 0 Å². The summed E-state index contributed by atoms with van der Waals surface area (Å²) in [6.07, 6.45) is 1.80. The molecule has 2 N–H and O–H groups in total. The molecule has 0 aliphatic carbocycles. The van der Waals surface area contributed by atoms with Gasteiger partial charge in [-0.3, -0.25) is 0 Å². The molecule has 3 rings (SSSR count). The fourth-order valence-electron chi connectivity index (χ4n) is 2.50. The molecule has 1 aliphatic rings. The van der Waals surface area contributed by atoms with E-state index < -0.39 is 0 Å². The summed E-state index contributed by atoms with van der Waals surface area (Å²) in [7, 11) is 1.86. The third-order valence-corrected chi connectivity index (χ3v) is 4.76. The Morgan fingerprint density at radius 1 is 1.32 bits per heavy atom. The Kier molecular flexibility index (Phi) is 4.20. The number of nitrogens with zero attached hydrogens (tertiary/aromatic N) is 2. The lowest BCUT2D eigenvalue weighted by Gasteiger charge is -2.14. The van der Waals surface area contributed by atoms with Gasteiger partial charge in [-0.05, 0) is 40.9 Å². The summed E-state index contributed by atoms with van der Waals surface area (Å²) in [6, 6.07) is 4.09. The minimum atomic E-state index is 0.609. The Balaban J connectivity index is 1.98. The maximum Gasteiger partial charge on any atom is 0.229 e. The van der Waals surface area contributed by atoms with Crippen molar-refractivity contribution in [3.05, 3.63) is 33.4 Å². The molecule has 1 aromatic heterocycles. The van der Waals surface area contributed by atoms with Gasteiger partial charge in [0.2, 0.25) is 5.95 Å². The van der Waals surface area contributed by atoms with E-state index in [1.54, 1.807) is 0 Å². The molecule has 116 valence electrons. The van der Waals surface area contributed by atoms with Crippen molar-refractivity contribution >= 4 is 33.4 Å². The van der Waals surface area contributed by atoms with Gasteiger partial charge < -0.3 is 15.4 Å². The Labute approximate surface area is 138 Å². The van der Waals surface area contributed by atoms with Crippen molar-refractivity contribution in [3.63, 3.8) is 0 Å². The predicted molar refractivity (Wildman–Crippen MR) is 92.3 cm³/mol. The quantitative estimate of drug-likeness (QED) is 0.865. The average Bonchev–Trinajstić information content (AvgIpc) is 3.00. The zero-order valence-electron chi connectivity index (χ0n) is 13.0. The molecule has 0 radical (unpaired) electrons. The number of fused-ring (bicyclic) bond motifs is 1. The number of nitrogens with one attached hydrogen (secondary N) is 2. The number of anilines is 3. The molecule has 1 aromatic carbocycles. The maximum absolute atomic E-state index is 5.67. The largest absolute Gasteiger partial charge is 0.492 e. The van der Waals surface area contributed by atoms with Crippen LogP contribution in [0.15, 0.2) is 16.6 Å². The molecule has 0 fully saturated rings. The minimum absolute atomic E-state index is 0.609. The van der Waals surface area contributed by atoms with Gasteiger partial charge in [-0.1, -0.05) is 6.92 Å². The number of ether oxygens (including phenoxy) is 1. The van der Waals surface area contributed by atoms with Crippen molar-refractivity contribution in [3.8, 4) is 5.75 Å². The predicted octanol–water partition coefficient (Wildman–Crippen LogP) is 3.83. The standard InChI is InChI=1S/C16H19BrN4O/c1-4-11-8-13(18-3)21-16(19-11)20-12-7-10-5-6-22-15(10)14(17)9(12)2/h7-8H,4-6H2,1-3H3,(H2,18,19,20,21). The summed E-state index contributed by atoms with van der Waals surface area (Å²) in [4.78, 5) is 9.03. The smallest absolute Gasteiger partial charge is 0.229 e. The van der Waals surface area contributed by atoms with Crippen molar-refractivity contribution in [1.29, 1.82) is 0 Å². The van der Waals surface area contributed by atoms with E-state index >= 15 is 0 Å². The summed E-state index contributed by atoms with van der Waals surface area (Å²) in [6.45, 7) is 4.87. The molecule has 0 amide bonds. The van der Waals surface area contributed by atoms with E-state index in [1.165, 1.54) is 5.56 Å². The van der Waals surface area contributed by atoms with Gasteiger partial charge in [0, 0.05) is 36.5 Å².